The van der Waals surface area contributed by atoms with Gasteiger partial charge < -0.3 is 0 Å². The average molecular weight is 201 g/mol. The lowest BCUT2D eigenvalue weighted by atomic mass is 10.1. The van der Waals surface area contributed by atoms with Gasteiger partial charge in [-0.25, -0.2) is 0 Å². The predicted octanol–water partition coefficient (Wildman–Crippen LogP) is 3.47. The van der Waals surface area contributed by atoms with Gasteiger partial charge in [0.15, 0.2) is 18.5 Å². The first-order chi connectivity index (χ1) is 6.43. The van der Waals surface area contributed by atoms with E-state index in [-0.39, 0.29) is 0 Å². The minimum Gasteiger partial charge on any atom is -0.0654 e. The molecule has 2 nitrogen and oxygen atoms in total. The Labute approximate surface area is 85.9 Å². The molecule has 76 valence electrons. The zero-order valence-electron chi connectivity index (χ0n) is 8.67. The Hall–Kier alpha value is -0.0500. The van der Waals surface area contributed by atoms with Crippen molar-refractivity contribution in [3.63, 3.8) is 0 Å². The van der Waals surface area contributed by atoms with E-state index >= 15 is 0 Å². The highest BCUT2D eigenvalue weighted by atomic mass is 32.2. The molecule has 1 aliphatic heterocycles. The fourth-order valence-corrected chi connectivity index (χ4v) is 2.30. The highest BCUT2D eigenvalue weighted by molar-refractivity contribution is 7.93. The summed E-state index contributed by atoms with van der Waals surface area (Å²) in [7, 11) is 0. The fourth-order valence-electron chi connectivity index (χ4n) is 1.50. The Kier molecular flexibility index (Phi) is 6.25. The summed E-state index contributed by atoms with van der Waals surface area (Å²) in [5.74, 6) is 1.19. The fraction of sp³-hybridized carbons (Fsp3) is 1.00. The van der Waals surface area contributed by atoms with Gasteiger partial charge in [-0.3, -0.25) is 0 Å². The Morgan fingerprint density at radius 3 is 2.62 bits per heavy atom. The van der Waals surface area contributed by atoms with Crippen molar-refractivity contribution in [2.75, 3.05) is 18.8 Å². The normalized spacial score (nSPS) is 16.2. The van der Waals surface area contributed by atoms with Crippen LogP contribution in [0.2, 0.25) is 0 Å². The summed E-state index contributed by atoms with van der Waals surface area (Å²) in [4.78, 5) is 0. The van der Waals surface area contributed by atoms with Crippen molar-refractivity contribution >= 4 is 11.9 Å². The van der Waals surface area contributed by atoms with E-state index in [1.54, 1.807) is 0 Å². The van der Waals surface area contributed by atoms with E-state index in [0.717, 1.165) is 13.1 Å². The third kappa shape index (κ3) is 5.29. The predicted molar refractivity (Wildman–Crippen MR) is 58.3 cm³/mol. The number of unbranched alkanes of at least 4 members (excludes halogenated alkanes) is 5. The smallest absolute Gasteiger partial charge is 0.0654 e. The van der Waals surface area contributed by atoms with Gasteiger partial charge in [0.1, 0.15) is 6.54 Å². The molecule has 0 aromatic carbocycles. The van der Waals surface area contributed by atoms with E-state index in [1.165, 1.54) is 44.3 Å². The molecule has 0 N–H and O–H groups in total. The van der Waals surface area contributed by atoms with Gasteiger partial charge in [0.25, 0.3) is 0 Å². The summed E-state index contributed by atoms with van der Waals surface area (Å²) in [5.41, 5.74) is 0. The van der Waals surface area contributed by atoms with E-state index in [0.29, 0.717) is 0 Å². The molecule has 0 fully saturated rings. The lowest BCUT2D eigenvalue weighted by Crippen LogP contribution is -1.98. The largest absolute Gasteiger partial charge is 0.188 e. The molecule has 0 aromatic rings. The lowest BCUT2D eigenvalue weighted by molar-refractivity contribution is -0.421. The molecule has 0 bridgehead atoms. The molecule has 13 heavy (non-hydrogen) atoms. The SMILES string of the molecule is CCCCCCCC[N+]1=NCCS1. The van der Waals surface area contributed by atoms with Crippen LogP contribution in [0.15, 0.2) is 5.11 Å². The summed E-state index contributed by atoms with van der Waals surface area (Å²) in [6.45, 7) is 4.46. The standard InChI is InChI=1S/C10H21N2S/c1-2-3-4-5-6-7-9-12-11-8-10-13-12/h2-10H2,1H3/q+1. The van der Waals surface area contributed by atoms with Gasteiger partial charge in [-0.1, -0.05) is 36.7 Å². The van der Waals surface area contributed by atoms with E-state index in [9.17, 15) is 0 Å². The lowest BCUT2D eigenvalue weighted by Gasteiger charge is -1.96. The van der Waals surface area contributed by atoms with E-state index in [4.69, 9.17) is 0 Å². The third-order valence-electron chi connectivity index (χ3n) is 2.29. The number of hydrogen-bond donors (Lipinski definition) is 0. The molecule has 0 saturated heterocycles. The molecule has 0 spiro atoms. The molecule has 1 aliphatic rings. The quantitative estimate of drug-likeness (QED) is 0.350. The molecule has 0 amide bonds. The molecule has 0 radical (unpaired) electrons. The molecule has 0 aromatic heterocycles. The molecule has 0 atom stereocenters. The van der Waals surface area contributed by atoms with Gasteiger partial charge in [-0.2, -0.15) is 0 Å². The van der Waals surface area contributed by atoms with Gasteiger partial charge >= 0.3 is 0 Å². The summed E-state index contributed by atoms with van der Waals surface area (Å²) in [5, 5.41) is 4.37. The maximum atomic E-state index is 4.37. The minimum atomic E-state index is 1.03. The van der Waals surface area contributed by atoms with E-state index in [2.05, 4.69) is 16.1 Å². The van der Waals surface area contributed by atoms with Gasteiger partial charge in [0.2, 0.25) is 0 Å². The van der Waals surface area contributed by atoms with Crippen LogP contribution in [0.5, 0.6) is 0 Å². The topological polar surface area (TPSA) is 15.4 Å². The van der Waals surface area contributed by atoms with Gasteiger partial charge in [-0.05, 0) is 11.5 Å². The van der Waals surface area contributed by atoms with E-state index < -0.39 is 0 Å². The van der Waals surface area contributed by atoms with Crippen molar-refractivity contribution in [3.8, 4) is 0 Å². The number of hydrogen-bond acceptors (Lipinski definition) is 2. The molecular formula is C10H21N2S+. The molecule has 0 aliphatic carbocycles. The first-order valence-corrected chi connectivity index (χ1v) is 6.45. The molecule has 1 heterocycles. The Morgan fingerprint density at radius 1 is 1.15 bits per heavy atom. The summed E-state index contributed by atoms with van der Waals surface area (Å²) in [6.07, 6.45) is 8.28. The van der Waals surface area contributed by atoms with Crippen LogP contribution in [0.4, 0.5) is 0 Å². The molecule has 3 heteroatoms. The summed E-state index contributed by atoms with van der Waals surface area (Å²) < 4.78 is 2.17. The van der Waals surface area contributed by atoms with Crippen LogP contribution in [-0.2, 0) is 0 Å². The van der Waals surface area contributed by atoms with Crippen molar-refractivity contribution in [3.05, 3.63) is 0 Å². The van der Waals surface area contributed by atoms with Crippen molar-refractivity contribution in [1.29, 1.82) is 0 Å². The van der Waals surface area contributed by atoms with Crippen molar-refractivity contribution in [2.24, 2.45) is 5.11 Å². The average Bonchev–Trinajstić information content (AvgIpc) is 2.63. The third-order valence-corrected chi connectivity index (χ3v) is 3.25. The number of rotatable bonds is 7. The molecule has 0 saturated carbocycles. The van der Waals surface area contributed by atoms with Gasteiger partial charge in [0.05, 0.1) is 5.75 Å². The van der Waals surface area contributed by atoms with Crippen molar-refractivity contribution < 1.29 is 4.10 Å². The van der Waals surface area contributed by atoms with Crippen molar-refractivity contribution in [1.82, 2.24) is 0 Å². The Bertz CT molecular complexity index is 157. The first kappa shape index (κ1) is 11.0. The molecule has 1 rings (SSSR count). The minimum absolute atomic E-state index is 1.03. The van der Waals surface area contributed by atoms with Crippen LogP contribution in [0.1, 0.15) is 45.4 Å². The van der Waals surface area contributed by atoms with Gasteiger partial charge in [0, 0.05) is 6.42 Å². The van der Waals surface area contributed by atoms with Crippen LogP contribution >= 0.6 is 11.9 Å². The van der Waals surface area contributed by atoms with Gasteiger partial charge in [-0.15, -0.1) is 0 Å². The molecular weight excluding hydrogens is 180 g/mol. The summed E-state index contributed by atoms with van der Waals surface area (Å²) in [6, 6.07) is 0. The van der Waals surface area contributed by atoms with Crippen LogP contribution in [0, 0.1) is 0 Å². The highest BCUT2D eigenvalue weighted by Gasteiger charge is 2.14. The number of azo groups is 1. The van der Waals surface area contributed by atoms with Crippen LogP contribution < -0.4 is 0 Å². The van der Waals surface area contributed by atoms with Crippen LogP contribution in [0.25, 0.3) is 0 Å². The van der Waals surface area contributed by atoms with Crippen molar-refractivity contribution in [2.45, 2.75) is 45.4 Å². The number of nitrogens with zero attached hydrogens (tertiary/aromatic N) is 2. The molecule has 0 unspecified atom stereocenters. The zero-order chi connectivity index (χ0) is 9.36. The van der Waals surface area contributed by atoms with Crippen LogP contribution in [0.3, 0.4) is 0 Å². The monoisotopic (exact) mass is 201 g/mol. The summed E-state index contributed by atoms with van der Waals surface area (Å²) >= 11 is 1.88. The second-order valence-electron chi connectivity index (χ2n) is 3.54. The first-order valence-electron chi connectivity index (χ1n) is 5.51. The second-order valence-corrected chi connectivity index (χ2v) is 4.63. The highest BCUT2D eigenvalue weighted by Crippen LogP contribution is 2.13. The second kappa shape index (κ2) is 7.36. The van der Waals surface area contributed by atoms with E-state index in [1.807, 2.05) is 11.9 Å². The maximum absolute atomic E-state index is 4.37. The Balaban J connectivity index is 1.83. The van der Waals surface area contributed by atoms with Crippen LogP contribution in [-0.4, -0.2) is 22.9 Å². The Morgan fingerprint density at radius 2 is 1.92 bits per heavy atom. The maximum Gasteiger partial charge on any atom is 0.188 e. The zero-order valence-corrected chi connectivity index (χ0v) is 9.48.